The highest BCUT2D eigenvalue weighted by Gasteiger charge is 2.27. The van der Waals surface area contributed by atoms with E-state index in [1.54, 1.807) is 19.1 Å². The van der Waals surface area contributed by atoms with Crippen LogP contribution in [-0.2, 0) is 16.1 Å². The van der Waals surface area contributed by atoms with Gasteiger partial charge in [0.05, 0.1) is 12.2 Å². The third-order valence-corrected chi connectivity index (χ3v) is 3.78. The number of nitrogens with two attached hydrogens (primary N) is 1. The van der Waals surface area contributed by atoms with Crippen LogP contribution in [0.1, 0.15) is 42.1 Å². The predicted octanol–water partition coefficient (Wildman–Crippen LogP) is 1.61. The van der Waals surface area contributed by atoms with Gasteiger partial charge < -0.3 is 15.8 Å². The largest absolute Gasteiger partial charge is 0.462 e. The first-order valence-electron chi connectivity index (χ1n) is 7.39. The number of benzene rings is 1. The van der Waals surface area contributed by atoms with Gasteiger partial charge in [-0.1, -0.05) is 12.1 Å². The molecule has 1 aromatic carbocycles. The summed E-state index contributed by atoms with van der Waals surface area (Å²) in [6, 6.07) is 7.24. The molecule has 0 aliphatic heterocycles. The highest BCUT2D eigenvalue weighted by atomic mass is 16.5. The molecule has 1 saturated carbocycles. The van der Waals surface area contributed by atoms with Gasteiger partial charge in [0, 0.05) is 18.5 Å². The Hall–Kier alpha value is -1.88. The van der Waals surface area contributed by atoms with Crippen molar-refractivity contribution in [1.29, 1.82) is 0 Å². The predicted molar refractivity (Wildman–Crippen MR) is 79.6 cm³/mol. The summed E-state index contributed by atoms with van der Waals surface area (Å²) in [6.45, 7) is 2.60. The molecule has 5 nitrogen and oxygen atoms in total. The Kier molecular flexibility index (Phi) is 5.33. The molecular weight excluding hydrogens is 268 g/mol. The fourth-order valence-corrected chi connectivity index (χ4v) is 2.56. The lowest BCUT2D eigenvalue weighted by Gasteiger charge is -2.11. The van der Waals surface area contributed by atoms with Gasteiger partial charge in [0.2, 0.25) is 5.91 Å². The zero-order chi connectivity index (χ0) is 15.2. The molecule has 1 aromatic rings. The Morgan fingerprint density at radius 3 is 2.57 bits per heavy atom. The maximum absolute atomic E-state index is 12.0. The summed E-state index contributed by atoms with van der Waals surface area (Å²) in [7, 11) is 0. The van der Waals surface area contributed by atoms with Gasteiger partial charge in [0.15, 0.2) is 0 Å². The molecule has 2 rings (SSSR count). The van der Waals surface area contributed by atoms with E-state index in [9.17, 15) is 9.59 Å². The molecule has 1 amide bonds. The van der Waals surface area contributed by atoms with Crippen LogP contribution in [0.5, 0.6) is 0 Å². The number of nitrogens with one attached hydrogen (secondary N) is 1. The topological polar surface area (TPSA) is 81.4 Å². The fourth-order valence-electron chi connectivity index (χ4n) is 2.56. The van der Waals surface area contributed by atoms with E-state index >= 15 is 0 Å². The first kappa shape index (κ1) is 15.5. The van der Waals surface area contributed by atoms with Gasteiger partial charge in [-0.05, 0) is 43.9 Å². The number of carbonyl (C=O) groups excluding carboxylic acids is 2. The number of amides is 1. The van der Waals surface area contributed by atoms with Gasteiger partial charge >= 0.3 is 5.97 Å². The standard InChI is InChI=1S/C16H22N2O3/c1-2-21-16(20)12-5-3-11(4-6-12)10-18-15(19)13-7-8-14(17)9-13/h3-6,13-14H,2,7-10,17H2,1H3,(H,18,19). The van der Waals surface area contributed by atoms with Crippen molar-refractivity contribution in [3.63, 3.8) is 0 Å². The maximum atomic E-state index is 12.0. The van der Waals surface area contributed by atoms with Crippen LogP contribution in [0.4, 0.5) is 0 Å². The summed E-state index contributed by atoms with van der Waals surface area (Å²) in [6.07, 6.45) is 2.56. The second kappa shape index (κ2) is 7.22. The van der Waals surface area contributed by atoms with Crippen LogP contribution in [0.3, 0.4) is 0 Å². The molecule has 0 heterocycles. The third kappa shape index (κ3) is 4.29. The van der Waals surface area contributed by atoms with Crippen molar-refractivity contribution in [3.05, 3.63) is 35.4 Å². The molecule has 21 heavy (non-hydrogen) atoms. The van der Waals surface area contributed by atoms with Crippen molar-refractivity contribution < 1.29 is 14.3 Å². The number of carbonyl (C=O) groups is 2. The fraction of sp³-hybridized carbons (Fsp3) is 0.500. The van der Waals surface area contributed by atoms with Crippen LogP contribution >= 0.6 is 0 Å². The van der Waals surface area contributed by atoms with E-state index in [0.29, 0.717) is 18.7 Å². The summed E-state index contributed by atoms with van der Waals surface area (Å²) in [4.78, 5) is 23.5. The van der Waals surface area contributed by atoms with Crippen molar-refractivity contribution in [2.24, 2.45) is 11.7 Å². The molecule has 1 fully saturated rings. The van der Waals surface area contributed by atoms with Crippen molar-refractivity contribution >= 4 is 11.9 Å². The van der Waals surface area contributed by atoms with Crippen LogP contribution in [0, 0.1) is 5.92 Å². The van der Waals surface area contributed by atoms with E-state index in [0.717, 1.165) is 24.8 Å². The number of hydrogen-bond donors (Lipinski definition) is 2. The molecule has 0 radical (unpaired) electrons. The quantitative estimate of drug-likeness (QED) is 0.807. The third-order valence-electron chi connectivity index (χ3n) is 3.78. The molecule has 0 spiro atoms. The smallest absolute Gasteiger partial charge is 0.338 e. The molecule has 2 atom stereocenters. The van der Waals surface area contributed by atoms with Gasteiger partial charge in [0.1, 0.15) is 0 Å². The van der Waals surface area contributed by atoms with Crippen LogP contribution in [0.2, 0.25) is 0 Å². The SMILES string of the molecule is CCOC(=O)c1ccc(CNC(=O)C2CCC(N)C2)cc1. The number of hydrogen-bond acceptors (Lipinski definition) is 4. The Balaban J connectivity index is 1.83. The lowest BCUT2D eigenvalue weighted by Crippen LogP contribution is -2.30. The second-order valence-electron chi connectivity index (χ2n) is 5.41. The first-order chi connectivity index (χ1) is 10.1. The van der Waals surface area contributed by atoms with E-state index in [1.807, 2.05) is 12.1 Å². The molecule has 0 saturated heterocycles. The molecule has 1 aliphatic carbocycles. The number of rotatable bonds is 5. The van der Waals surface area contributed by atoms with E-state index in [4.69, 9.17) is 10.5 Å². The van der Waals surface area contributed by atoms with Gasteiger partial charge in [-0.25, -0.2) is 4.79 Å². The molecular formula is C16H22N2O3. The van der Waals surface area contributed by atoms with Crippen LogP contribution < -0.4 is 11.1 Å². The molecule has 3 N–H and O–H groups in total. The minimum atomic E-state index is -0.326. The summed E-state index contributed by atoms with van der Waals surface area (Å²) >= 11 is 0. The molecule has 114 valence electrons. The summed E-state index contributed by atoms with van der Waals surface area (Å²) < 4.78 is 4.92. The highest BCUT2D eigenvalue weighted by molar-refractivity contribution is 5.89. The van der Waals surface area contributed by atoms with E-state index in [-0.39, 0.29) is 23.8 Å². The zero-order valence-electron chi connectivity index (χ0n) is 12.3. The monoisotopic (exact) mass is 290 g/mol. The Bertz CT molecular complexity index is 499. The molecule has 0 bridgehead atoms. The van der Waals surface area contributed by atoms with Gasteiger partial charge in [-0.2, -0.15) is 0 Å². The molecule has 2 unspecified atom stereocenters. The van der Waals surface area contributed by atoms with Gasteiger partial charge in [-0.3, -0.25) is 4.79 Å². The maximum Gasteiger partial charge on any atom is 0.338 e. The molecule has 0 aromatic heterocycles. The van der Waals surface area contributed by atoms with Crippen LogP contribution in [-0.4, -0.2) is 24.5 Å². The Morgan fingerprint density at radius 1 is 1.29 bits per heavy atom. The van der Waals surface area contributed by atoms with Crippen LogP contribution in [0.15, 0.2) is 24.3 Å². The second-order valence-corrected chi connectivity index (χ2v) is 5.41. The minimum absolute atomic E-state index is 0.0406. The average molecular weight is 290 g/mol. The summed E-state index contributed by atoms with van der Waals surface area (Å²) in [5, 5.41) is 2.92. The zero-order valence-corrected chi connectivity index (χ0v) is 12.3. The van der Waals surface area contributed by atoms with E-state index in [1.165, 1.54) is 0 Å². The lowest BCUT2D eigenvalue weighted by atomic mass is 10.1. The highest BCUT2D eigenvalue weighted by Crippen LogP contribution is 2.24. The van der Waals surface area contributed by atoms with Gasteiger partial charge in [-0.15, -0.1) is 0 Å². The van der Waals surface area contributed by atoms with Crippen molar-refractivity contribution in [3.8, 4) is 0 Å². The van der Waals surface area contributed by atoms with E-state index in [2.05, 4.69) is 5.32 Å². The van der Waals surface area contributed by atoms with Crippen LogP contribution in [0.25, 0.3) is 0 Å². The summed E-state index contributed by atoms with van der Waals surface area (Å²) in [5.41, 5.74) is 7.30. The number of ether oxygens (including phenoxy) is 1. The van der Waals surface area contributed by atoms with E-state index < -0.39 is 0 Å². The van der Waals surface area contributed by atoms with Gasteiger partial charge in [0.25, 0.3) is 0 Å². The average Bonchev–Trinajstić information content (AvgIpc) is 2.92. The Morgan fingerprint density at radius 2 is 2.00 bits per heavy atom. The normalized spacial score (nSPS) is 21.0. The Labute approximate surface area is 124 Å². The van der Waals surface area contributed by atoms with Crippen molar-refractivity contribution in [2.75, 3.05) is 6.61 Å². The van der Waals surface area contributed by atoms with Crippen molar-refractivity contribution in [1.82, 2.24) is 5.32 Å². The lowest BCUT2D eigenvalue weighted by molar-refractivity contribution is -0.125. The summed E-state index contributed by atoms with van der Waals surface area (Å²) in [5.74, 6) is -0.218. The van der Waals surface area contributed by atoms with Crippen molar-refractivity contribution in [2.45, 2.75) is 38.8 Å². The molecule has 5 heteroatoms. The first-order valence-corrected chi connectivity index (χ1v) is 7.39. The molecule has 1 aliphatic rings. The number of esters is 1. The minimum Gasteiger partial charge on any atom is -0.462 e.